The van der Waals surface area contributed by atoms with Gasteiger partial charge in [-0.15, -0.1) is 11.1 Å². The Morgan fingerprint density at radius 3 is 1.00 bits per heavy atom. The Morgan fingerprint density at radius 1 is 0.684 bits per heavy atom. The van der Waals surface area contributed by atoms with Crippen molar-refractivity contribution in [1.29, 1.82) is 0 Å². The molecule has 0 bridgehead atoms. The summed E-state index contributed by atoms with van der Waals surface area (Å²) >= 11 is 0. The zero-order valence-corrected chi connectivity index (χ0v) is 18.2. The van der Waals surface area contributed by atoms with E-state index in [0.717, 1.165) is 0 Å². The van der Waals surface area contributed by atoms with Gasteiger partial charge in [-0.3, -0.25) is 0 Å². The summed E-state index contributed by atoms with van der Waals surface area (Å²) in [7, 11) is 0. The van der Waals surface area contributed by atoms with Crippen molar-refractivity contribution in [2.24, 2.45) is 0 Å². The third-order valence-corrected chi connectivity index (χ3v) is 2.18. The Kier molecular flexibility index (Phi) is 14.6. The van der Waals surface area contributed by atoms with Gasteiger partial charge in [0.25, 0.3) is 0 Å². The Balaban J connectivity index is -0.000000242. The summed E-state index contributed by atoms with van der Waals surface area (Å²) in [6.45, 7) is 21.4. The quantitative estimate of drug-likeness (QED) is 0.365. The molecule has 0 N–H and O–H groups in total. The maximum Gasteiger partial charge on any atom is 0 e. The number of rotatable bonds is 0. The fraction of sp³-hybridized carbons (Fsp3) is 0.882. The van der Waals surface area contributed by atoms with Crippen molar-refractivity contribution in [3.63, 3.8) is 0 Å². The van der Waals surface area contributed by atoms with E-state index in [-0.39, 0.29) is 30.6 Å². The first-order valence-electron chi connectivity index (χ1n) is 7.15. The van der Waals surface area contributed by atoms with Crippen molar-refractivity contribution in [3.8, 4) is 0 Å². The van der Waals surface area contributed by atoms with Gasteiger partial charge in [-0.2, -0.15) is 41.5 Å². The summed E-state index contributed by atoms with van der Waals surface area (Å²) in [5, 5.41) is 4.75. The molecule has 19 heavy (non-hydrogen) atoms. The zero-order valence-electron chi connectivity index (χ0n) is 15.3. The second kappa shape index (κ2) is 11.3. The van der Waals surface area contributed by atoms with E-state index in [1.54, 1.807) is 0 Å². The van der Waals surface area contributed by atoms with Gasteiger partial charge in [0.1, 0.15) is 0 Å². The molecular weight excluding hydrogens is 284 g/mol. The number of nitrogens with zero attached hydrogens (tertiary/aromatic N) is 1. The van der Waals surface area contributed by atoms with E-state index in [2.05, 4.69) is 69.2 Å². The summed E-state index contributed by atoms with van der Waals surface area (Å²) in [5.74, 6) is 2.83. The standard InChI is InChI=1S/C9H18N.2C4H9.Zn/c1-8(2)6-5-7-9(3,4)10-8;2*1-4(2)3;/h5-7H2,1-4H3;2*1-3H3;/q3*-1;. The van der Waals surface area contributed by atoms with Gasteiger partial charge in [0.15, 0.2) is 0 Å². The van der Waals surface area contributed by atoms with Crippen molar-refractivity contribution in [2.75, 3.05) is 0 Å². The topological polar surface area (TPSA) is 14.1 Å². The van der Waals surface area contributed by atoms with Gasteiger partial charge >= 0.3 is 0 Å². The van der Waals surface area contributed by atoms with Crippen LogP contribution in [-0.2, 0) is 19.5 Å². The monoisotopic (exact) mass is 318 g/mol. The summed E-state index contributed by atoms with van der Waals surface area (Å²) in [4.78, 5) is 0. The molecule has 2 heteroatoms. The normalized spacial score (nSPS) is 19.6. The molecule has 1 fully saturated rings. The number of piperidine rings is 1. The maximum absolute atomic E-state index is 4.75. The van der Waals surface area contributed by atoms with E-state index in [1.165, 1.54) is 31.1 Å². The van der Waals surface area contributed by atoms with Crippen LogP contribution in [0.15, 0.2) is 0 Å². The van der Waals surface area contributed by atoms with Gasteiger partial charge in [0.2, 0.25) is 0 Å². The fourth-order valence-corrected chi connectivity index (χ4v) is 1.88. The zero-order chi connectivity index (χ0) is 15.0. The van der Waals surface area contributed by atoms with Crippen LogP contribution in [0.5, 0.6) is 0 Å². The first kappa shape index (κ1) is 24.6. The van der Waals surface area contributed by atoms with Crippen LogP contribution in [-0.4, -0.2) is 11.1 Å². The minimum absolute atomic E-state index is 0. The van der Waals surface area contributed by atoms with Crippen LogP contribution in [0, 0.1) is 11.8 Å². The van der Waals surface area contributed by atoms with Crippen molar-refractivity contribution in [3.05, 3.63) is 17.2 Å². The predicted molar refractivity (Wildman–Crippen MR) is 85.9 cm³/mol. The van der Waals surface area contributed by atoms with E-state index >= 15 is 0 Å². The molecule has 1 saturated heterocycles. The third kappa shape index (κ3) is 24.0. The molecule has 0 aromatic rings. The van der Waals surface area contributed by atoms with Crippen LogP contribution in [0.4, 0.5) is 0 Å². The smallest absolute Gasteiger partial charge is 0 e. The summed E-state index contributed by atoms with van der Waals surface area (Å²) < 4.78 is 0. The Labute approximate surface area is 136 Å². The van der Waals surface area contributed by atoms with Crippen LogP contribution < -0.4 is 0 Å². The summed E-state index contributed by atoms with van der Waals surface area (Å²) in [5.41, 5.74) is 0.476. The molecule has 1 nitrogen and oxygen atoms in total. The van der Waals surface area contributed by atoms with E-state index < -0.39 is 0 Å². The molecule has 114 valence electrons. The molecule has 0 unspecified atom stereocenters. The van der Waals surface area contributed by atoms with E-state index in [9.17, 15) is 0 Å². The van der Waals surface area contributed by atoms with Crippen molar-refractivity contribution >= 4 is 0 Å². The fourth-order valence-electron chi connectivity index (χ4n) is 1.88. The molecule has 1 heterocycles. The predicted octanol–water partition coefficient (Wildman–Crippen LogP) is 6.34. The van der Waals surface area contributed by atoms with Crippen molar-refractivity contribution in [2.45, 2.75) is 99.6 Å². The van der Waals surface area contributed by atoms with Gasteiger partial charge < -0.3 is 17.2 Å². The summed E-state index contributed by atoms with van der Waals surface area (Å²) in [6.07, 6.45) is 3.86. The van der Waals surface area contributed by atoms with E-state index in [0.29, 0.717) is 0 Å². The number of hydrogen-bond acceptors (Lipinski definition) is 0. The van der Waals surface area contributed by atoms with Crippen molar-refractivity contribution in [1.82, 2.24) is 0 Å². The molecule has 0 saturated carbocycles. The molecule has 1 aliphatic heterocycles. The Morgan fingerprint density at radius 2 is 0.895 bits per heavy atom. The van der Waals surface area contributed by atoms with Gasteiger partial charge in [0.05, 0.1) is 0 Å². The van der Waals surface area contributed by atoms with Crippen LogP contribution in [0.2, 0.25) is 0 Å². The summed E-state index contributed by atoms with van der Waals surface area (Å²) in [6, 6.07) is 0. The van der Waals surface area contributed by atoms with Crippen LogP contribution in [0.3, 0.4) is 0 Å². The molecule has 1 rings (SSSR count). The van der Waals surface area contributed by atoms with Crippen LogP contribution >= 0.6 is 0 Å². The first-order valence-corrected chi connectivity index (χ1v) is 7.15. The molecule has 0 radical (unpaired) electrons. The van der Waals surface area contributed by atoms with Crippen LogP contribution in [0.1, 0.15) is 88.5 Å². The van der Waals surface area contributed by atoms with Gasteiger partial charge in [-0.1, -0.05) is 47.0 Å². The SMILES string of the molecule is CC1(C)CCCC(C)(C)[N-]1.C[C-](C)C.C[C-](C)C.[Zn]. The Hall–Kier alpha value is 0.583. The Bertz CT molecular complexity index is 170. The average Bonchev–Trinajstić information content (AvgIpc) is 1.95. The minimum atomic E-state index is 0. The molecule has 0 aromatic heterocycles. The van der Waals surface area contributed by atoms with E-state index in [1.807, 2.05) is 0 Å². The molecule has 0 amide bonds. The molecular formula is C17H36NZn-3. The van der Waals surface area contributed by atoms with E-state index in [4.69, 9.17) is 5.32 Å². The second-order valence-corrected chi connectivity index (χ2v) is 7.59. The maximum atomic E-state index is 4.75. The first-order chi connectivity index (χ1) is 7.88. The largest absolute Gasteiger partial charge is 0.652 e. The molecule has 0 aromatic carbocycles. The second-order valence-electron chi connectivity index (χ2n) is 7.59. The van der Waals surface area contributed by atoms with Crippen molar-refractivity contribution < 1.29 is 19.5 Å². The third-order valence-electron chi connectivity index (χ3n) is 2.18. The molecule has 1 aliphatic rings. The number of hydrogen-bond donors (Lipinski definition) is 0. The minimum Gasteiger partial charge on any atom is -0.652 e. The van der Waals surface area contributed by atoms with Gasteiger partial charge in [-0.25, -0.2) is 0 Å². The molecule has 0 spiro atoms. The van der Waals surface area contributed by atoms with Gasteiger partial charge in [-0.05, 0) is 0 Å². The molecule has 0 aliphatic carbocycles. The van der Waals surface area contributed by atoms with Gasteiger partial charge in [0, 0.05) is 19.5 Å². The molecule has 0 atom stereocenters. The van der Waals surface area contributed by atoms with Crippen LogP contribution in [0.25, 0.3) is 5.32 Å². The average molecular weight is 320 g/mol.